The molecule has 2 aliphatic rings. The topological polar surface area (TPSA) is 76.5 Å². The molecule has 35 heavy (non-hydrogen) atoms. The smallest absolute Gasteiger partial charge is 0.274 e. The van der Waals surface area contributed by atoms with Crippen LogP contribution in [0.1, 0.15) is 46.3 Å². The molecule has 1 saturated heterocycles. The van der Waals surface area contributed by atoms with Gasteiger partial charge in [-0.2, -0.15) is 0 Å². The SMILES string of the molecule is O=C(NCc1ccc(F)c(Cl)c1)C1CCN(C(=O)c2ncn3c2CO[C@@H](c2ccccc2)C3)CC1. The maximum Gasteiger partial charge on any atom is 0.274 e. The predicted octanol–water partition coefficient (Wildman–Crippen LogP) is 4.12. The summed E-state index contributed by atoms with van der Waals surface area (Å²) in [5.74, 6) is -0.862. The maximum atomic E-state index is 13.3. The number of hydrogen-bond acceptors (Lipinski definition) is 4. The minimum atomic E-state index is -0.486. The van der Waals surface area contributed by atoms with Crippen molar-refractivity contribution in [2.75, 3.05) is 13.1 Å². The maximum absolute atomic E-state index is 13.3. The number of ether oxygens (including phenoxy) is 1. The van der Waals surface area contributed by atoms with Crippen molar-refractivity contribution in [1.82, 2.24) is 19.8 Å². The second kappa shape index (κ2) is 10.2. The Balaban J connectivity index is 1.15. The van der Waals surface area contributed by atoms with E-state index in [0.717, 1.165) is 16.8 Å². The van der Waals surface area contributed by atoms with Crippen LogP contribution in [-0.2, 0) is 29.2 Å². The number of nitrogens with one attached hydrogen (secondary N) is 1. The Morgan fingerprint density at radius 3 is 2.66 bits per heavy atom. The Morgan fingerprint density at radius 2 is 1.91 bits per heavy atom. The summed E-state index contributed by atoms with van der Waals surface area (Å²) in [5, 5.41) is 2.92. The van der Waals surface area contributed by atoms with Crippen LogP contribution >= 0.6 is 11.6 Å². The van der Waals surface area contributed by atoms with Gasteiger partial charge in [-0.1, -0.05) is 48.0 Å². The molecule has 0 bridgehead atoms. The molecule has 1 fully saturated rings. The predicted molar refractivity (Wildman–Crippen MR) is 128 cm³/mol. The van der Waals surface area contributed by atoms with Crippen molar-refractivity contribution in [3.05, 3.63) is 88.2 Å². The fourth-order valence-corrected chi connectivity index (χ4v) is 4.86. The largest absolute Gasteiger partial charge is 0.365 e. The van der Waals surface area contributed by atoms with Crippen LogP contribution in [0.4, 0.5) is 4.39 Å². The minimum absolute atomic E-state index is 0.0334. The van der Waals surface area contributed by atoms with E-state index in [1.54, 1.807) is 17.3 Å². The Morgan fingerprint density at radius 1 is 1.14 bits per heavy atom. The number of likely N-dealkylation sites (tertiary alicyclic amines) is 1. The number of amides is 2. The molecule has 3 aromatic rings. The van der Waals surface area contributed by atoms with E-state index in [4.69, 9.17) is 16.3 Å². The summed E-state index contributed by atoms with van der Waals surface area (Å²) in [6, 6.07) is 14.4. The van der Waals surface area contributed by atoms with E-state index in [1.807, 2.05) is 34.9 Å². The van der Waals surface area contributed by atoms with E-state index in [1.165, 1.54) is 12.1 Å². The number of halogens is 2. The molecule has 7 nitrogen and oxygen atoms in total. The van der Waals surface area contributed by atoms with Gasteiger partial charge in [-0.25, -0.2) is 9.37 Å². The molecular formula is C26H26ClFN4O3. The van der Waals surface area contributed by atoms with E-state index >= 15 is 0 Å². The Labute approximate surface area is 207 Å². The summed E-state index contributed by atoms with van der Waals surface area (Å²) >= 11 is 5.81. The number of rotatable bonds is 5. The van der Waals surface area contributed by atoms with Crippen molar-refractivity contribution < 1.29 is 18.7 Å². The van der Waals surface area contributed by atoms with Gasteiger partial charge in [-0.15, -0.1) is 0 Å². The summed E-state index contributed by atoms with van der Waals surface area (Å²) in [6.07, 6.45) is 2.79. The molecule has 0 spiro atoms. The van der Waals surface area contributed by atoms with Crippen LogP contribution in [0.25, 0.3) is 0 Å². The fraction of sp³-hybridized carbons (Fsp3) is 0.346. The lowest BCUT2D eigenvalue weighted by atomic mass is 9.95. The van der Waals surface area contributed by atoms with Gasteiger partial charge in [0, 0.05) is 25.6 Å². The number of nitrogens with zero attached hydrogens (tertiary/aromatic N) is 3. The highest BCUT2D eigenvalue weighted by Gasteiger charge is 2.32. The standard InChI is InChI=1S/C26H26ClFN4O3/c27-20-12-17(6-7-21(20)28)13-29-25(33)19-8-10-31(11-9-19)26(34)24-22-15-35-23(14-32(22)16-30-24)18-4-2-1-3-5-18/h1-7,12,16,19,23H,8-11,13-15H2,(H,29,33)/t23-/m1/s1. The van der Waals surface area contributed by atoms with Crippen molar-refractivity contribution in [2.24, 2.45) is 5.92 Å². The number of fused-ring (bicyclic) bond motifs is 1. The van der Waals surface area contributed by atoms with Crippen LogP contribution in [0.3, 0.4) is 0 Å². The van der Waals surface area contributed by atoms with Crippen molar-refractivity contribution in [1.29, 1.82) is 0 Å². The molecule has 0 unspecified atom stereocenters. The van der Waals surface area contributed by atoms with Gasteiger partial charge in [-0.3, -0.25) is 9.59 Å². The molecule has 0 aliphatic carbocycles. The number of carbonyl (C=O) groups excluding carboxylic acids is 2. The molecule has 2 aromatic carbocycles. The lowest BCUT2D eigenvalue weighted by molar-refractivity contribution is -0.126. The monoisotopic (exact) mass is 496 g/mol. The van der Waals surface area contributed by atoms with Gasteiger partial charge >= 0.3 is 0 Å². The summed E-state index contributed by atoms with van der Waals surface area (Å²) in [7, 11) is 0. The Hall–Kier alpha value is -3.23. The van der Waals surface area contributed by atoms with E-state index < -0.39 is 5.82 Å². The van der Waals surface area contributed by atoms with Gasteiger partial charge in [0.1, 0.15) is 11.9 Å². The first-order valence-corrected chi connectivity index (χ1v) is 12.1. The first-order valence-electron chi connectivity index (χ1n) is 11.7. The van der Waals surface area contributed by atoms with Gasteiger partial charge in [0.2, 0.25) is 5.91 Å². The zero-order valence-electron chi connectivity index (χ0n) is 19.1. The molecule has 2 amide bonds. The highest BCUT2D eigenvalue weighted by molar-refractivity contribution is 6.30. The number of aromatic nitrogens is 2. The van der Waals surface area contributed by atoms with Gasteiger partial charge in [0.15, 0.2) is 5.69 Å². The normalized spacial score (nSPS) is 18.2. The highest BCUT2D eigenvalue weighted by Crippen LogP contribution is 2.29. The molecule has 1 aromatic heterocycles. The second-order valence-electron chi connectivity index (χ2n) is 8.94. The van der Waals surface area contributed by atoms with Crippen LogP contribution < -0.4 is 5.32 Å². The lowest BCUT2D eigenvalue weighted by Crippen LogP contribution is -2.43. The highest BCUT2D eigenvalue weighted by atomic mass is 35.5. The van der Waals surface area contributed by atoms with Crippen molar-refractivity contribution >= 4 is 23.4 Å². The Kier molecular flexibility index (Phi) is 6.83. The average molecular weight is 497 g/mol. The number of imidazole rings is 1. The summed E-state index contributed by atoms with van der Waals surface area (Å²) < 4.78 is 21.3. The van der Waals surface area contributed by atoms with Crippen molar-refractivity contribution in [3.63, 3.8) is 0 Å². The number of hydrogen-bond donors (Lipinski definition) is 1. The number of benzene rings is 2. The van der Waals surface area contributed by atoms with Crippen molar-refractivity contribution in [2.45, 2.75) is 38.6 Å². The molecule has 182 valence electrons. The van der Waals surface area contributed by atoms with E-state index in [0.29, 0.717) is 44.8 Å². The molecular weight excluding hydrogens is 471 g/mol. The van der Waals surface area contributed by atoms with Crippen LogP contribution in [0.15, 0.2) is 54.9 Å². The molecule has 9 heteroatoms. The zero-order valence-corrected chi connectivity index (χ0v) is 19.9. The van der Waals surface area contributed by atoms with Gasteiger partial charge in [0.05, 0.1) is 30.2 Å². The fourth-order valence-electron chi connectivity index (χ4n) is 4.65. The summed E-state index contributed by atoms with van der Waals surface area (Å²) in [5.41, 5.74) is 3.05. The molecule has 1 N–H and O–H groups in total. The summed E-state index contributed by atoms with van der Waals surface area (Å²) in [4.78, 5) is 32.0. The second-order valence-corrected chi connectivity index (χ2v) is 9.34. The molecule has 3 heterocycles. The van der Waals surface area contributed by atoms with E-state index in [9.17, 15) is 14.0 Å². The molecule has 5 rings (SSSR count). The third-order valence-corrected chi connectivity index (χ3v) is 7.00. The molecule has 0 saturated carbocycles. The minimum Gasteiger partial charge on any atom is -0.365 e. The average Bonchev–Trinajstić information content (AvgIpc) is 3.32. The zero-order chi connectivity index (χ0) is 24.4. The van der Waals surface area contributed by atoms with Crippen LogP contribution in [0.2, 0.25) is 5.02 Å². The first-order chi connectivity index (χ1) is 17.0. The van der Waals surface area contributed by atoms with Crippen molar-refractivity contribution in [3.8, 4) is 0 Å². The Bertz CT molecular complexity index is 1220. The number of carbonyl (C=O) groups is 2. The number of piperidine rings is 1. The first kappa shape index (κ1) is 23.5. The molecule has 0 radical (unpaired) electrons. The van der Waals surface area contributed by atoms with Crippen LogP contribution in [0.5, 0.6) is 0 Å². The van der Waals surface area contributed by atoms with Crippen LogP contribution in [-0.4, -0.2) is 39.4 Å². The van der Waals surface area contributed by atoms with Gasteiger partial charge in [-0.05, 0) is 36.1 Å². The molecule has 2 aliphatic heterocycles. The van der Waals surface area contributed by atoms with E-state index in [-0.39, 0.29) is 35.4 Å². The third kappa shape index (κ3) is 5.09. The summed E-state index contributed by atoms with van der Waals surface area (Å²) in [6.45, 7) is 2.19. The van der Waals surface area contributed by atoms with Gasteiger partial charge < -0.3 is 19.5 Å². The molecule has 1 atom stereocenters. The third-order valence-electron chi connectivity index (χ3n) is 6.71. The lowest BCUT2D eigenvalue weighted by Gasteiger charge is -2.31. The quantitative estimate of drug-likeness (QED) is 0.576. The van der Waals surface area contributed by atoms with Gasteiger partial charge in [0.25, 0.3) is 5.91 Å². The van der Waals surface area contributed by atoms with E-state index in [2.05, 4.69) is 10.3 Å². The van der Waals surface area contributed by atoms with Crippen LogP contribution in [0, 0.1) is 11.7 Å².